The summed E-state index contributed by atoms with van der Waals surface area (Å²) in [6.07, 6.45) is 8.18. The van der Waals surface area contributed by atoms with Crippen molar-refractivity contribution >= 4 is 47.3 Å². The second kappa shape index (κ2) is 16.7. The number of rotatable bonds is 20. The van der Waals surface area contributed by atoms with Crippen molar-refractivity contribution in [3.8, 4) is 0 Å². The molecule has 0 bridgehead atoms. The molecule has 0 aromatic rings. The summed E-state index contributed by atoms with van der Waals surface area (Å²) in [6, 6.07) is 0.858. The number of urea groups is 2. The first-order chi connectivity index (χ1) is 19.5. The predicted octanol–water partition coefficient (Wildman–Crippen LogP) is 1.94. The predicted molar refractivity (Wildman–Crippen MR) is 157 cm³/mol. The standard InChI is InChI=1S/C27H45N5O6S2/c33-18(6-1-2-8-21-24-19(16-39-21)29-26(35)31-24)7-5-12-37-14-15-38-13-11-28-23(34)10-4-3-9-22-25-20(17-40-22)30-27(36)32-25/h19-22,24-25H,1-17H2,(H,28,34)(H2,29,31,35)(H2,30,32,36)/t19-,20-,21-,22-,24-,25-/m0/s1. The molecule has 0 aromatic heterocycles. The Bertz CT molecular complexity index is 799. The summed E-state index contributed by atoms with van der Waals surface area (Å²) in [7, 11) is 0. The monoisotopic (exact) mass is 599 g/mol. The van der Waals surface area contributed by atoms with Gasteiger partial charge in [0.2, 0.25) is 5.91 Å². The largest absolute Gasteiger partial charge is 0.379 e. The molecule has 40 heavy (non-hydrogen) atoms. The van der Waals surface area contributed by atoms with E-state index in [1.165, 1.54) is 0 Å². The van der Waals surface area contributed by atoms with Crippen molar-refractivity contribution in [1.82, 2.24) is 26.6 Å². The molecule has 226 valence electrons. The highest BCUT2D eigenvalue weighted by atomic mass is 32.2. The number of ketones is 1. The average Bonchev–Trinajstić information content (AvgIpc) is 3.68. The van der Waals surface area contributed by atoms with Gasteiger partial charge in [0.05, 0.1) is 44.0 Å². The summed E-state index contributed by atoms with van der Waals surface area (Å²) < 4.78 is 11.1. The van der Waals surface area contributed by atoms with Crippen LogP contribution >= 0.6 is 23.5 Å². The minimum atomic E-state index is -0.0592. The third-order valence-electron chi connectivity index (χ3n) is 7.90. The second-order valence-corrected chi connectivity index (χ2v) is 13.5. The van der Waals surface area contributed by atoms with Crippen LogP contribution in [0.2, 0.25) is 0 Å². The lowest BCUT2D eigenvalue weighted by molar-refractivity contribution is -0.121. The number of thioether (sulfide) groups is 2. The van der Waals surface area contributed by atoms with Gasteiger partial charge in [-0.3, -0.25) is 9.59 Å². The summed E-state index contributed by atoms with van der Waals surface area (Å²) in [5.74, 6) is 2.26. The Kier molecular flexibility index (Phi) is 13.0. The molecule has 5 N–H and O–H groups in total. The van der Waals surface area contributed by atoms with Gasteiger partial charge >= 0.3 is 12.1 Å². The number of carbonyl (C=O) groups is 4. The van der Waals surface area contributed by atoms with Gasteiger partial charge in [-0.05, 0) is 32.1 Å². The van der Waals surface area contributed by atoms with Crippen molar-refractivity contribution in [2.75, 3.05) is 44.5 Å². The summed E-state index contributed by atoms with van der Waals surface area (Å²) in [6.45, 7) is 2.42. The van der Waals surface area contributed by atoms with Crippen LogP contribution in [0.4, 0.5) is 9.59 Å². The highest BCUT2D eigenvalue weighted by Gasteiger charge is 2.43. The summed E-state index contributed by atoms with van der Waals surface area (Å²) >= 11 is 3.82. The molecule has 11 nitrogen and oxygen atoms in total. The first-order valence-corrected chi connectivity index (χ1v) is 16.9. The number of nitrogens with one attached hydrogen (secondary N) is 5. The number of hydrogen-bond acceptors (Lipinski definition) is 8. The third kappa shape index (κ3) is 9.99. The number of fused-ring (bicyclic) bond motifs is 2. The Morgan fingerprint density at radius 2 is 1.25 bits per heavy atom. The van der Waals surface area contributed by atoms with Gasteiger partial charge in [0.25, 0.3) is 0 Å². The number of ether oxygens (including phenoxy) is 2. The molecule has 0 aliphatic carbocycles. The molecule has 0 aromatic carbocycles. The van der Waals surface area contributed by atoms with E-state index in [2.05, 4.69) is 26.6 Å². The number of amides is 5. The highest BCUT2D eigenvalue weighted by Crippen LogP contribution is 2.34. The number of carbonyl (C=O) groups excluding carboxylic acids is 4. The fourth-order valence-corrected chi connectivity index (χ4v) is 8.84. The summed E-state index contributed by atoms with van der Waals surface area (Å²) in [5.41, 5.74) is 0. The molecule has 4 aliphatic rings. The molecule has 4 heterocycles. The van der Waals surface area contributed by atoms with Crippen LogP contribution < -0.4 is 26.6 Å². The van der Waals surface area contributed by atoms with E-state index in [4.69, 9.17) is 9.47 Å². The van der Waals surface area contributed by atoms with E-state index in [1.54, 1.807) is 0 Å². The molecule has 4 saturated heterocycles. The van der Waals surface area contributed by atoms with E-state index in [1.807, 2.05) is 23.5 Å². The van der Waals surface area contributed by atoms with Crippen molar-refractivity contribution in [2.45, 2.75) is 98.9 Å². The summed E-state index contributed by atoms with van der Waals surface area (Å²) in [4.78, 5) is 47.0. The Morgan fingerprint density at radius 1 is 0.700 bits per heavy atom. The molecule has 5 amide bonds. The van der Waals surface area contributed by atoms with Crippen LogP contribution in [0, 0.1) is 0 Å². The topological polar surface area (TPSA) is 147 Å². The lowest BCUT2D eigenvalue weighted by Gasteiger charge is -2.16. The zero-order valence-electron chi connectivity index (χ0n) is 23.3. The average molecular weight is 600 g/mol. The maximum Gasteiger partial charge on any atom is 0.315 e. The first kappa shape index (κ1) is 31.2. The Hall–Kier alpha value is -1.70. The minimum Gasteiger partial charge on any atom is -0.379 e. The Labute approximate surface area is 245 Å². The van der Waals surface area contributed by atoms with E-state index in [0.717, 1.165) is 56.5 Å². The van der Waals surface area contributed by atoms with E-state index in [-0.39, 0.29) is 47.9 Å². The zero-order chi connectivity index (χ0) is 28.2. The smallest absolute Gasteiger partial charge is 0.315 e. The third-order valence-corrected chi connectivity index (χ3v) is 10.9. The van der Waals surface area contributed by atoms with Crippen molar-refractivity contribution in [3.63, 3.8) is 0 Å². The highest BCUT2D eigenvalue weighted by molar-refractivity contribution is 8.00. The molecule has 0 saturated carbocycles. The molecule has 6 atom stereocenters. The van der Waals surface area contributed by atoms with Gasteiger partial charge in [-0.1, -0.05) is 12.8 Å². The van der Waals surface area contributed by atoms with Gasteiger partial charge in [0.1, 0.15) is 5.78 Å². The van der Waals surface area contributed by atoms with Crippen LogP contribution in [0.5, 0.6) is 0 Å². The van der Waals surface area contributed by atoms with Gasteiger partial charge < -0.3 is 36.1 Å². The van der Waals surface area contributed by atoms with Crippen LogP contribution in [-0.4, -0.2) is 103 Å². The molecular weight excluding hydrogens is 554 g/mol. The van der Waals surface area contributed by atoms with E-state index in [0.29, 0.717) is 62.7 Å². The fourth-order valence-electron chi connectivity index (χ4n) is 5.75. The van der Waals surface area contributed by atoms with Crippen molar-refractivity contribution in [1.29, 1.82) is 0 Å². The quantitative estimate of drug-likeness (QED) is 0.105. The molecule has 13 heteroatoms. The minimum absolute atomic E-state index is 0.0444. The van der Waals surface area contributed by atoms with Crippen LogP contribution in [0.25, 0.3) is 0 Å². The zero-order valence-corrected chi connectivity index (χ0v) is 24.9. The number of hydrogen-bond donors (Lipinski definition) is 5. The molecule has 0 unspecified atom stereocenters. The van der Waals surface area contributed by atoms with Gasteiger partial charge in [-0.2, -0.15) is 23.5 Å². The summed E-state index contributed by atoms with van der Waals surface area (Å²) in [5, 5.41) is 15.7. The number of Topliss-reactive ketones (excluding diaryl/α,β-unsaturated/α-hetero) is 1. The van der Waals surface area contributed by atoms with Crippen LogP contribution in [0.15, 0.2) is 0 Å². The van der Waals surface area contributed by atoms with E-state index in [9.17, 15) is 19.2 Å². The molecule has 4 fully saturated rings. The molecular formula is C27H45N5O6S2. The lowest BCUT2D eigenvalue weighted by Crippen LogP contribution is -2.36. The van der Waals surface area contributed by atoms with E-state index >= 15 is 0 Å². The Balaban J connectivity index is 0.868. The molecule has 4 aliphatic heterocycles. The second-order valence-electron chi connectivity index (χ2n) is 11.0. The molecule has 4 rings (SSSR count). The van der Waals surface area contributed by atoms with Crippen LogP contribution in [0.1, 0.15) is 64.2 Å². The van der Waals surface area contributed by atoms with Crippen molar-refractivity contribution in [2.24, 2.45) is 0 Å². The lowest BCUT2D eigenvalue weighted by atomic mass is 10.0. The van der Waals surface area contributed by atoms with E-state index < -0.39 is 0 Å². The van der Waals surface area contributed by atoms with Gasteiger partial charge in [0, 0.05) is 54.4 Å². The normalized spacial score (nSPS) is 28.4. The first-order valence-electron chi connectivity index (χ1n) is 14.8. The molecule has 0 spiro atoms. The molecule has 0 radical (unpaired) electrons. The SMILES string of the molecule is O=C(CCCC[C@@H]1SC[C@@H]2NC(=O)N[C@@H]21)CCCOCCOCCNC(=O)CCCC[C@@H]1SC[C@@H]2NC(=O)N[C@@H]21. The Morgan fingerprint density at radius 3 is 1.88 bits per heavy atom. The van der Waals surface area contributed by atoms with Crippen LogP contribution in [-0.2, 0) is 19.1 Å². The number of unbranched alkanes of at least 4 members (excludes halogenated alkanes) is 2. The van der Waals surface area contributed by atoms with Crippen LogP contribution in [0.3, 0.4) is 0 Å². The maximum atomic E-state index is 12.1. The van der Waals surface area contributed by atoms with Crippen molar-refractivity contribution in [3.05, 3.63) is 0 Å². The maximum absolute atomic E-state index is 12.1. The van der Waals surface area contributed by atoms with Crippen molar-refractivity contribution < 1.29 is 28.7 Å². The van der Waals surface area contributed by atoms with Gasteiger partial charge in [-0.25, -0.2) is 9.59 Å². The fraction of sp³-hybridized carbons (Fsp3) is 0.852. The van der Waals surface area contributed by atoms with Gasteiger partial charge in [-0.15, -0.1) is 0 Å². The van der Waals surface area contributed by atoms with Gasteiger partial charge in [0.15, 0.2) is 0 Å².